The van der Waals surface area contributed by atoms with Gasteiger partial charge < -0.3 is 11.1 Å². The van der Waals surface area contributed by atoms with E-state index >= 15 is 0 Å². The van der Waals surface area contributed by atoms with E-state index in [0.29, 0.717) is 16.5 Å². The Morgan fingerprint density at radius 1 is 1.50 bits per heavy atom. The zero-order valence-electron chi connectivity index (χ0n) is 10.2. The van der Waals surface area contributed by atoms with Gasteiger partial charge in [-0.1, -0.05) is 0 Å². The number of amides is 1. The summed E-state index contributed by atoms with van der Waals surface area (Å²) in [6.45, 7) is 0.720. The fourth-order valence-electron chi connectivity index (χ4n) is 2.37. The minimum atomic E-state index is 0.0458. The van der Waals surface area contributed by atoms with Crippen LogP contribution in [0.5, 0.6) is 0 Å². The van der Waals surface area contributed by atoms with Crippen molar-refractivity contribution in [2.24, 2.45) is 17.6 Å². The summed E-state index contributed by atoms with van der Waals surface area (Å²) < 4.78 is 0. The second-order valence-corrected chi connectivity index (χ2v) is 5.63. The lowest BCUT2D eigenvalue weighted by Crippen LogP contribution is -2.29. The first-order valence-corrected chi connectivity index (χ1v) is 7.11. The van der Waals surface area contributed by atoms with Crippen molar-refractivity contribution in [1.29, 1.82) is 5.26 Å². The highest BCUT2D eigenvalue weighted by Crippen LogP contribution is 2.30. The van der Waals surface area contributed by atoms with Crippen molar-refractivity contribution in [1.82, 2.24) is 0 Å². The van der Waals surface area contributed by atoms with Crippen molar-refractivity contribution in [3.05, 3.63) is 17.0 Å². The third-order valence-corrected chi connectivity index (χ3v) is 4.40. The Hall–Kier alpha value is -1.38. The fourth-order valence-corrected chi connectivity index (χ4v) is 3.11. The van der Waals surface area contributed by atoms with Crippen LogP contribution in [0.3, 0.4) is 0 Å². The van der Waals surface area contributed by atoms with E-state index < -0.39 is 0 Å². The van der Waals surface area contributed by atoms with Gasteiger partial charge in [-0.15, -0.1) is 11.3 Å². The number of anilines is 1. The minimum absolute atomic E-state index is 0.0458. The molecule has 3 N–H and O–H groups in total. The summed E-state index contributed by atoms with van der Waals surface area (Å²) in [7, 11) is 0. The summed E-state index contributed by atoms with van der Waals surface area (Å²) in [6, 6.07) is 3.81. The topological polar surface area (TPSA) is 78.9 Å². The third-order valence-electron chi connectivity index (χ3n) is 3.57. The molecule has 4 nitrogen and oxygen atoms in total. The van der Waals surface area contributed by atoms with Gasteiger partial charge in [0.25, 0.3) is 0 Å². The summed E-state index contributed by atoms with van der Waals surface area (Å²) in [5, 5.41) is 14.2. The molecule has 0 aliphatic heterocycles. The predicted octanol–water partition coefficient (Wildman–Crippen LogP) is 2.32. The summed E-state index contributed by atoms with van der Waals surface area (Å²) in [6.07, 6.45) is 3.87. The summed E-state index contributed by atoms with van der Waals surface area (Å²) in [5.74, 6) is 0.691. The molecule has 2 rings (SSSR count). The zero-order chi connectivity index (χ0) is 13.0. The molecule has 0 aromatic carbocycles. The van der Waals surface area contributed by atoms with E-state index in [-0.39, 0.29) is 11.8 Å². The SMILES string of the molecule is N#Cc1ccsc1NC(=O)C1CCC(CN)CC1. The number of thiophene rings is 1. The maximum Gasteiger partial charge on any atom is 0.228 e. The minimum Gasteiger partial charge on any atom is -0.330 e. The van der Waals surface area contributed by atoms with Crippen LogP contribution in [0.1, 0.15) is 31.2 Å². The zero-order valence-corrected chi connectivity index (χ0v) is 11.0. The van der Waals surface area contributed by atoms with Crippen LogP contribution in [0.25, 0.3) is 0 Å². The number of hydrogen-bond acceptors (Lipinski definition) is 4. The summed E-state index contributed by atoms with van der Waals surface area (Å²) in [5.41, 5.74) is 6.18. The molecule has 1 heterocycles. The molecule has 1 fully saturated rings. The van der Waals surface area contributed by atoms with Crippen LogP contribution in [0.2, 0.25) is 0 Å². The van der Waals surface area contributed by atoms with Crippen LogP contribution >= 0.6 is 11.3 Å². The molecule has 0 bridgehead atoms. The number of nitriles is 1. The van der Waals surface area contributed by atoms with Crippen LogP contribution < -0.4 is 11.1 Å². The smallest absolute Gasteiger partial charge is 0.228 e. The Kier molecular flexibility index (Phi) is 4.34. The van der Waals surface area contributed by atoms with Gasteiger partial charge in [0.1, 0.15) is 11.1 Å². The highest BCUT2D eigenvalue weighted by molar-refractivity contribution is 7.14. The maximum absolute atomic E-state index is 12.1. The molecule has 1 amide bonds. The molecule has 0 radical (unpaired) electrons. The van der Waals surface area contributed by atoms with Crippen LogP contribution in [-0.2, 0) is 4.79 Å². The molecule has 0 unspecified atom stereocenters. The Labute approximate surface area is 111 Å². The van der Waals surface area contributed by atoms with E-state index in [1.54, 1.807) is 6.07 Å². The lowest BCUT2D eigenvalue weighted by molar-refractivity contribution is -0.121. The van der Waals surface area contributed by atoms with E-state index in [9.17, 15) is 4.79 Å². The third kappa shape index (κ3) is 2.89. The molecule has 1 aliphatic rings. The van der Waals surface area contributed by atoms with E-state index in [1.165, 1.54) is 11.3 Å². The van der Waals surface area contributed by atoms with Crippen molar-refractivity contribution >= 4 is 22.2 Å². The quantitative estimate of drug-likeness (QED) is 0.878. The summed E-state index contributed by atoms with van der Waals surface area (Å²) in [4.78, 5) is 12.1. The lowest BCUT2D eigenvalue weighted by Gasteiger charge is -2.26. The Morgan fingerprint density at radius 3 is 2.83 bits per heavy atom. The van der Waals surface area contributed by atoms with E-state index in [1.807, 2.05) is 5.38 Å². The lowest BCUT2D eigenvalue weighted by atomic mass is 9.81. The Bertz CT molecular complexity index is 455. The first-order valence-electron chi connectivity index (χ1n) is 6.23. The van der Waals surface area contributed by atoms with Crippen molar-refractivity contribution < 1.29 is 4.79 Å². The Balaban J connectivity index is 1.91. The molecule has 1 aromatic rings. The van der Waals surface area contributed by atoms with E-state index in [2.05, 4.69) is 11.4 Å². The Morgan fingerprint density at radius 2 is 2.22 bits per heavy atom. The van der Waals surface area contributed by atoms with Gasteiger partial charge in [0, 0.05) is 5.92 Å². The van der Waals surface area contributed by atoms with Crippen LogP contribution in [0.4, 0.5) is 5.00 Å². The van der Waals surface area contributed by atoms with Gasteiger partial charge in [-0.05, 0) is 49.6 Å². The van der Waals surface area contributed by atoms with Crippen LogP contribution in [0.15, 0.2) is 11.4 Å². The van der Waals surface area contributed by atoms with Crippen LogP contribution in [-0.4, -0.2) is 12.5 Å². The highest BCUT2D eigenvalue weighted by atomic mass is 32.1. The average molecular weight is 263 g/mol. The van der Waals surface area contributed by atoms with Gasteiger partial charge in [0.05, 0.1) is 5.56 Å². The van der Waals surface area contributed by atoms with Gasteiger partial charge in [0.2, 0.25) is 5.91 Å². The number of rotatable bonds is 3. The van der Waals surface area contributed by atoms with E-state index in [4.69, 9.17) is 11.0 Å². The normalized spacial score (nSPS) is 23.3. The molecule has 0 spiro atoms. The first-order chi connectivity index (χ1) is 8.74. The van der Waals surface area contributed by atoms with Crippen molar-refractivity contribution in [3.63, 3.8) is 0 Å². The van der Waals surface area contributed by atoms with Crippen molar-refractivity contribution in [2.45, 2.75) is 25.7 Å². The van der Waals surface area contributed by atoms with E-state index in [0.717, 1.165) is 32.2 Å². The molecular formula is C13H17N3OS. The molecule has 5 heteroatoms. The molecule has 1 aliphatic carbocycles. The first kappa shape index (κ1) is 13.1. The molecule has 96 valence electrons. The van der Waals surface area contributed by atoms with Gasteiger partial charge in [-0.3, -0.25) is 4.79 Å². The van der Waals surface area contributed by atoms with Crippen LogP contribution in [0, 0.1) is 23.2 Å². The second kappa shape index (κ2) is 5.98. The van der Waals surface area contributed by atoms with Crippen molar-refractivity contribution in [3.8, 4) is 6.07 Å². The molecule has 0 saturated heterocycles. The molecule has 1 saturated carbocycles. The predicted molar refractivity (Wildman–Crippen MR) is 72.2 cm³/mol. The number of nitrogens with zero attached hydrogens (tertiary/aromatic N) is 1. The molecular weight excluding hydrogens is 246 g/mol. The standard InChI is InChI=1S/C13H17N3OS/c14-7-9-1-3-10(4-2-9)12(17)16-13-11(8-15)5-6-18-13/h5-6,9-10H,1-4,7,14H2,(H,16,17). The fraction of sp³-hybridized carbons (Fsp3) is 0.538. The maximum atomic E-state index is 12.1. The number of hydrogen-bond donors (Lipinski definition) is 2. The highest BCUT2D eigenvalue weighted by Gasteiger charge is 2.26. The van der Waals surface area contributed by atoms with Gasteiger partial charge >= 0.3 is 0 Å². The van der Waals surface area contributed by atoms with Gasteiger partial charge in [-0.2, -0.15) is 5.26 Å². The number of nitrogens with two attached hydrogens (primary N) is 1. The van der Waals surface area contributed by atoms with Crippen molar-refractivity contribution in [2.75, 3.05) is 11.9 Å². The largest absolute Gasteiger partial charge is 0.330 e. The molecule has 18 heavy (non-hydrogen) atoms. The average Bonchev–Trinajstić information content (AvgIpc) is 2.86. The van der Waals surface area contributed by atoms with Gasteiger partial charge in [-0.25, -0.2) is 0 Å². The van der Waals surface area contributed by atoms with Gasteiger partial charge in [0.15, 0.2) is 0 Å². The summed E-state index contributed by atoms with van der Waals surface area (Å²) >= 11 is 1.40. The second-order valence-electron chi connectivity index (χ2n) is 4.72. The number of nitrogens with one attached hydrogen (secondary N) is 1. The molecule has 0 atom stereocenters. The number of carbonyl (C=O) groups is 1. The molecule has 1 aromatic heterocycles. The number of carbonyl (C=O) groups excluding carboxylic acids is 1. The monoisotopic (exact) mass is 263 g/mol.